The van der Waals surface area contributed by atoms with Crippen LogP contribution in [-0.4, -0.2) is 67.9 Å². The zero-order valence-corrected chi connectivity index (χ0v) is 29.3. The van der Waals surface area contributed by atoms with Crippen LogP contribution in [0.1, 0.15) is 72.5 Å². The Morgan fingerprint density at radius 1 is 1.17 bits per heavy atom. The monoisotopic (exact) mass is 675 g/mol. The Labute approximate surface area is 285 Å². The summed E-state index contributed by atoms with van der Waals surface area (Å²) in [5, 5.41) is 0. The van der Waals surface area contributed by atoms with Gasteiger partial charge in [-0.05, 0) is 98.9 Å². The van der Waals surface area contributed by atoms with Crippen LogP contribution in [0.4, 0.5) is 5.69 Å². The van der Waals surface area contributed by atoms with Crippen molar-refractivity contribution in [3.8, 4) is 5.75 Å². The first-order valence-electron chi connectivity index (χ1n) is 17.6. The minimum absolute atomic E-state index is 0.0251. The van der Waals surface area contributed by atoms with Crippen LogP contribution in [0.15, 0.2) is 52.9 Å². The van der Waals surface area contributed by atoms with Gasteiger partial charge in [-0.2, -0.15) is 0 Å². The smallest absolute Gasteiger partial charge is 0.286 e. The van der Waals surface area contributed by atoms with E-state index in [4.69, 9.17) is 14.2 Å². The molecule has 3 aliphatic heterocycles. The maximum Gasteiger partial charge on any atom is 0.286 e. The van der Waals surface area contributed by atoms with Crippen LogP contribution in [-0.2, 0) is 36.0 Å². The van der Waals surface area contributed by atoms with Gasteiger partial charge in [-0.25, -0.2) is 4.21 Å². The van der Waals surface area contributed by atoms with Gasteiger partial charge in [-0.15, -0.1) is 4.36 Å². The Morgan fingerprint density at radius 3 is 2.81 bits per heavy atom. The lowest BCUT2D eigenvalue weighted by atomic mass is 9.68. The second-order valence-electron chi connectivity index (χ2n) is 14.8. The first-order valence-corrected chi connectivity index (χ1v) is 19.3. The second-order valence-corrected chi connectivity index (χ2v) is 16.8. The quantitative estimate of drug-likeness (QED) is 0.411. The number of amides is 2. The topological polar surface area (TPSA) is 107 Å². The van der Waals surface area contributed by atoms with Gasteiger partial charge < -0.3 is 19.1 Å². The van der Waals surface area contributed by atoms with Gasteiger partial charge in [-0.3, -0.25) is 14.3 Å². The highest BCUT2D eigenvalue weighted by molar-refractivity contribution is 7.92. The van der Waals surface area contributed by atoms with Crippen LogP contribution in [0.2, 0.25) is 0 Å². The molecule has 0 radical (unpaired) electrons. The highest BCUT2D eigenvalue weighted by Crippen LogP contribution is 2.47. The van der Waals surface area contributed by atoms with E-state index in [1.165, 1.54) is 16.7 Å². The number of carbonyl (C=O) groups is 2. The van der Waals surface area contributed by atoms with Crippen molar-refractivity contribution in [2.24, 2.45) is 28.0 Å². The third-order valence-electron chi connectivity index (χ3n) is 11.3. The number of ether oxygens (including phenoxy) is 3. The van der Waals surface area contributed by atoms with E-state index in [1.807, 2.05) is 19.1 Å². The molecule has 2 aliphatic carbocycles. The molecule has 2 aromatic rings. The molecule has 9 nitrogen and oxygen atoms in total. The van der Waals surface area contributed by atoms with E-state index in [1.54, 1.807) is 13.2 Å². The van der Waals surface area contributed by atoms with E-state index in [9.17, 15) is 13.8 Å². The van der Waals surface area contributed by atoms with Crippen molar-refractivity contribution >= 4 is 27.4 Å². The largest absolute Gasteiger partial charge is 0.490 e. The Kier molecular flexibility index (Phi) is 9.43. The van der Waals surface area contributed by atoms with Gasteiger partial charge in [0, 0.05) is 37.8 Å². The summed E-state index contributed by atoms with van der Waals surface area (Å²) in [7, 11) is -1.64. The average molecular weight is 676 g/mol. The third-order valence-corrected chi connectivity index (χ3v) is 13.3. The van der Waals surface area contributed by atoms with Gasteiger partial charge in [0.05, 0.1) is 36.7 Å². The summed E-state index contributed by atoms with van der Waals surface area (Å²) in [4.78, 5) is 29.5. The van der Waals surface area contributed by atoms with Crippen molar-refractivity contribution in [3.63, 3.8) is 0 Å². The molecule has 1 spiro atoms. The van der Waals surface area contributed by atoms with Gasteiger partial charge in [-0.1, -0.05) is 42.8 Å². The molecule has 258 valence electrons. The molecular weight excluding hydrogens is 627 g/mol. The SMILES string of the molecule is CO[C@H]1/C=C/C[C@H](C)CS(=O)(NC(=O)[C@H]2CCOC2)=NC(=O)c2ccc3c(c2)N(C[C@@H]2CC[C@H]21)C[C@@]1(CCCc2cc(C)ccc21)CO3. The summed E-state index contributed by atoms with van der Waals surface area (Å²) in [6.07, 6.45) is 10.8. The fourth-order valence-electron chi connectivity index (χ4n) is 8.51. The highest BCUT2D eigenvalue weighted by Gasteiger charge is 2.44. The summed E-state index contributed by atoms with van der Waals surface area (Å²) in [5.74, 6) is 0.127. The van der Waals surface area contributed by atoms with Crippen LogP contribution in [0.3, 0.4) is 0 Å². The van der Waals surface area contributed by atoms with E-state index in [0.717, 1.165) is 56.6 Å². The molecular formula is C38H49N3O6S. The molecule has 7 rings (SSSR count). The van der Waals surface area contributed by atoms with Gasteiger partial charge in [0.1, 0.15) is 15.7 Å². The van der Waals surface area contributed by atoms with Crippen molar-refractivity contribution in [3.05, 3.63) is 70.8 Å². The number of nitrogens with zero attached hydrogens (tertiary/aromatic N) is 2. The van der Waals surface area contributed by atoms with Crippen molar-refractivity contribution in [1.82, 2.24) is 4.72 Å². The second kappa shape index (κ2) is 13.6. The molecule has 1 N–H and O–H groups in total. The fourth-order valence-corrected chi connectivity index (χ4v) is 10.5. The Morgan fingerprint density at radius 2 is 2.04 bits per heavy atom. The molecule has 0 aromatic heterocycles. The zero-order chi connectivity index (χ0) is 33.5. The van der Waals surface area contributed by atoms with E-state index >= 15 is 0 Å². The van der Waals surface area contributed by atoms with Crippen LogP contribution in [0, 0.1) is 30.6 Å². The van der Waals surface area contributed by atoms with E-state index in [-0.39, 0.29) is 35.7 Å². The van der Waals surface area contributed by atoms with Crippen LogP contribution in [0.5, 0.6) is 5.75 Å². The lowest BCUT2D eigenvalue weighted by Gasteiger charge is -2.46. The maximum atomic E-state index is 14.4. The highest BCUT2D eigenvalue weighted by atomic mass is 32.2. The molecule has 5 aliphatic rings. The minimum atomic E-state index is -3.42. The van der Waals surface area contributed by atoms with Crippen molar-refractivity contribution < 1.29 is 28.0 Å². The fraction of sp³-hybridized carbons (Fsp3) is 0.579. The normalized spacial score (nSPS) is 34.1. The molecule has 48 heavy (non-hydrogen) atoms. The number of allylic oxidation sites excluding steroid dienone is 1. The molecule has 7 atom stereocenters. The first kappa shape index (κ1) is 33.3. The Bertz CT molecular complexity index is 1710. The third kappa shape index (κ3) is 6.68. The molecule has 3 heterocycles. The number of carbonyl (C=O) groups excluding carboxylic acids is 2. The number of nitrogens with one attached hydrogen (secondary N) is 1. The molecule has 1 saturated carbocycles. The Hall–Kier alpha value is -3.21. The number of methoxy groups -OCH3 is 1. The van der Waals surface area contributed by atoms with Gasteiger partial charge in [0.2, 0.25) is 5.91 Å². The molecule has 10 heteroatoms. The predicted molar refractivity (Wildman–Crippen MR) is 187 cm³/mol. The van der Waals surface area contributed by atoms with Crippen molar-refractivity contribution in [1.29, 1.82) is 0 Å². The zero-order valence-electron chi connectivity index (χ0n) is 28.5. The minimum Gasteiger partial charge on any atom is -0.490 e. The predicted octanol–water partition coefficient (Wildman–Crippen LogP) is 5.78. The van der Waals surface area contributed by atoms with Crippen LogP contribution < -0.4 is 14.4 Å². The molecule has 2 aromatic carbocycles. The van der Waals surface area contributed by atoms with Crippen molar-refractivity contribution in [2.45, 2.75) is 70.3 Å². The van der Waals surface area contributed by atoms with Gasteiger partial charge in [0.25, 0.3) is 5.91 Å². The van der Waals surface area contributed by atoms with Gasteiger partial charge >= 0.3 is 0 Å². The lowest BCUT2D eigenvalue weighted by molar-refractivity contribution is -0.123. The van der Waals surface area contributed by atoms with Crippen LogP contribution in [0.25, 0.3) is 0 Å². The molecule has 2 amide bonds. The number of anilines is 1. The van der Waals surface area contributed by atoms with E-state index in [2.05, 4.69) is 51.3 Å². The molecule has 2 bridgehead atoms. The van der Waals surface area contributed by atoms with Gasteiger partial charge in [0.15, 0.2) is 0 Å². The molecule has 2 fully saturated rings. The molecule has 1 saturated heterocycles. The number of aryl methyl sites for hydroxylation is 2. The standard InChI is InChI=1S/C38H49N3O6S/c1-25-9-13-32-27(18-25)7-5-16-38(32)23-41-20-29-10-12-31(29)34(45-3)8-4-6-26(2)22-48(44,40-37(43)30-15-17-46-21-30)39-36(42)28-11-14-35(47-24-38)33(41)19-28/h4,8-9,11,13-14,18-19,26,29-31,34H,5-7,10,12,15-17,20-24H2,1-3H3,(H,39,40,42,43,44)/b8-4+/t26-,29-,30-,31+,34-,38-,48?/m0/s1. The van der Waals surface area contributed by atoms with E-state index < -0.39 is 21.7 Å². The summed E-state index contributed by atoms with van der Waals surface area (Å²) in [5.41, 5.74) is 5.06. The Balaban J connectivity index is 1.30. The number of hydrogen-bond donors (Lipinski definition) is 1. The number of rotatable bonds is 3. The summed E-state index contributed by atoms with van der Waals surface area (Å²) in [6.45, 7) is 7.05. The number of fused-ring (bicyclic) bond motifs is 4. The summed E-state index contributed by atoms with van der Waals surface area (Å²) >= 11 is 0. The summed E-state index contributed by atoms with van der Waals surface area (Å²) < 4.78 is 39.5. The lowest BCUT2D eigenvalue weighted by Crippen LogP contribution is -2.49. The summed E-state index contributed by atoms with van der Waals surface area (Å²) in [6, 6.07) is 12.3. The number of hydrogen-bond acceptors (Lipinski definition) is 7. The van der Waals surface area contributed by atoms with Crippen molar-refractivity contribution in [2.75, 3.05) is 50.7 Å². The number of benzene rings is 2. The average Bonchev–Trinajstić information content (AvgIpc) is 3.55. The molecule has 1 unspecified atom stereocenters. The maximum absolute atomic E-state index is 14.4. The van der Waals surface area contributed by atoms with E-state index in [0.29, 0.717) is 43.5 Å². The first-order chi connectivity index (χ1) is 23.1. The van der Waals surface area contributed by atoms with Crippen LogP contribution >= 0.6 is 0 Å².